The van der Waals surface area contributed by atoms with Crippen LogP contribution >= 0.6 is 0 Å². The summed E-state index contributed by atoms with van der Waals surface area (Å²) in [5.74, 6) is -1.31. The number of nitrogens with zero attached hydrogens (tertiary/aromatic N) is 1. The molecule has 0 aliphatic carbocycles. The predicted molar refractivity (Wildman–Crippen MR) is 111 cm³/mol. The third kappa shape index (κ3) is 6.56. The fraction of sp³-hybridized carbons (Fsp3) is 0.333. The summed E-state index contributed by atoms with van der Waals surface area (Å²) < 4.78 is 10.2. The lowest BCUT2D eigenvalue weighted by Gasteiger charge is -2.16. The highest BCUT2D eigenvalue weighted by molar-refractivity contribution is 5.98. The lowest BCUT2D eigenvalue weighted by molar-refractivity contribution is -0.384. The molecule has 9 heteroatoms. The zero-order valence-electron chi connectivity index (χ0n) is 17.1. The van der Waals surface area contributed by atoms with Crippen molar-refractivity contribution in [2.24, 2.45) is 0 Å². The van der Waals surface area contributed by atoms with Gasteiger partial charge in [-0.2, -0.15) is 0 Å². The fourth-order valence-electron chi connectivity index (χ4n) is 2.57. The van der Waals surface area contributed by atoms with Crippen molar-refractivity contribution in [3.63, 3.8) is 0 Å². The minimum Gasteiger partial charge on any atom is -0.449 e. The SMILES string of the molecule is COCCNc1ccc([N+](=O)[O-])cc1C(=O)O[C@@H](C)C(=O)NCc1ccc(C)cc1. The average molecular weight is 415 g/mol. The number of non-ortho nitro benzene ring substituents is 1. The van der Waals surface area contributed by atoms with E-state index in [9.17, 15) is 19.7 Å². The van der Waals surface area contributed by atoms with Gasteiger partial charge in [-0.25, -0.2) is 4.79 Å². The molecule has 2 aromatic carbocycles. The van der Waals surface area contributed by atoms with Gasteiger partial charge in [-0.3, -0.25) is 14.9 Å². The quantitative estimate of drug-likeness (QED) is 0.265. The summed E-state index contributed by atoms with van der Waals surface area (Å²) in [6.45, 7) is 4.47. The maximum absolute atomic E-state index is 12.6. The third-order valence-electron chi connectivity index (χ3n) is 4.30. The van der Waals surface area contributed by atoms with Crippen LogP contribution in [0.2, 0.25) is 0 Å². The minimum absolute atomic E-state index is 0.0292. The van der Waals surface area contributed by atoms with E-state index in [-0.39, 0.29) is 11.3 Å². The number of amides is 1. The second-order valence-electron chi connectivity index (χ2n) is 6.66. The van der Waals surface area contributed by atoms with E-state index < -0.39 is 22.9 Å². The summed E-state index contributed by atoms with van der Waals surface area (Å²) in [7, 11) is 1.53. The van der Waals surface area contributed by atoms with Crippen LogP contribution in [0, 0.1) is 17.0 Å². The van der Waals surface area contributed by atoms with Crippen LogP contribution in [-0.4, -0.2) is 43.2 Å². The van der Waals surface area contributed by atoms with E-state index in [2.05, 4.69) is 10.6 Å². The number of benzene rings is 2. The van der Waals surface area contributed by atoms with Gasteiger partial charge < -0.3 is 20.1 Å². The number of ether oxygens (including phenoxy) is 2. The van der Waals surface area contributed by atoms with Gasteiger partial charge in [-0.05, 0) is 25.5 Å². The number of nitro benzene ring substituents is 1. The zero-order chi connectivity index (χ0) is 22.1. The Kier molecular flexibility index (Phi) is 8.30. The number of carbonyl (C=O) groups is 2. The van der Waals surface area contributed by atoms with Gasteiger partial charge in [0.15, 0.2) is 6.10 Å². The number of rotatable bonds is 10. The maximum Gasteiger partial charge on any atom is 0.341 e. The third-order valence-corrected chi connectivity index (χ3v) is 4.30. The molecule has 1 amide bonds. The standard InChI is InChI=1S/C21H25N3O6/c1-14-4-6-16(7-5-14)13-23-20(25)15(2)30-21(26)18-12-17(24(27)28)8-9-19(18)22-10-11-29-3/h4-9,12,15,22H,10-11,13H2,1-3H3,(H,23,25)/t15-/m0/s1. The first kappa shape index (κ1) is 22.8. The van der Waals surface area contributed by atoms with Crippen LogP contribution in [0.25, 0.3) is 0 Å². The molecule has 0 aliphatic rings. The van der Waals surface area contributed by atoms with Crippen LogP contribution in [0.5, 0.6) is 0 Å². The molecule has 0 radical (unpaired) electrons. The van der Waals surface area contributed by atoms with E-state index >= 15 is 0 Å². The first-order valence-corrected chi connectivity index (χ1v) is 9.37. The summed E-state index contributed by atoms with van der Waals surface area (Å²) >= 11 is 0. The van der Waals surface area contributed by atoms with Crippen LogP contribution < -0.4 is 10.6 Å². The van der Waals surface area contributed by atoms with E-state index in [4.69, 9.17) is 9.47 Å². The van der Waals surface area contributed by atoms with Gasteiger partial charge >= 0.3 is 5.97 Å². The van der Waals surface area contributed by atoms with Gasteiger partial charge in [-0.1, -0.05) is 29.8 Å². The molecule has 30 heavy (non-hydrogen) atoms. The monoisotopic (exact) mass is 415 g/mol. The molecule has 0 saturated heterocycles. The number of nitro groups is 1. The fourth-order valence-corrected chi connectivity index (χ4v) is 2.57. The molecule has 0 bridgehead atoms. The Hall–Kier alpha value is -3.46. The summed E-state index contributed by atoms with van der Waals surface area (Å²) in [5, 5.41) is 16.7. The molecule has 9 nitrogen and oxygen atoms in total. The molecule has 0 saturated carbocycles. The van der Waals surface area contributed by atoms with Crippen molar-refractivity contribution in [3.8, 4) is 0 Å². The Morgan fingerprint density at radius 1 is 1.17 bits per heavy atom. The molecule has 160 valence electrons. The molecule has 2 N–H and O–H groups in total. The van der Waals surface area contributed by atoms with Crippen molar-refractivity contribution in [2.45, 2.75) is 26.5 Å². The number of hydrogen-bond acceptors (Lipinski definition) is 7. The highest BCUT2D eigenvalue weighted by atomic mass is 16.6. The number of methoxy groups -OCH3 is 1. The van der Waals surface area contributed by atoms with Crippen molar-refractivity contribution in [1.82, 2.24) is 5.32 Å². The van der Waals surface area contributed by atoms with Crippen LogP contribution in [0.15, 0.2) is 42.5 Å². The molecule has 0 aromatic heterocycles. The van der Waals surface area contributed by atoms with E-state index in [1.165, 1.54) is 26.2 Å². The summed E-state index contributed by atoms with van der Waals surface area (Å²) in [6.07, 6.45) is -1.07. The molecule has 0 spiro atoms. The van der Waals surface area contributed by atoms with Crippen molar-refractivity contribution >= 4 is 23.3 Å². The highest BCUT2D eigenvalue weighted by Crippen LogP contribution is 2.23. The zero-order valence-corrected chi connectivity index (χ0v) is 17.1. The first-order chi connectivity index (χ1) is 14.3. The van der Waals surface area contributed by atoms with E-state index in [1.54, 1.807) is 0 Å². The molecular weight excluding hydrogens is 390 g/mol. The van der Waals surface area contributed by atoms with Gasteiger partial charge in [-0.15, -0.1) is 0 Å². The maximum atomic E-state index is 12.6. The largest absolute Gasteiger partial charge is 0.449 e. The summed E-state index contributed by atoms with van der Waals surface area (Å²) in [5.41, 5.74) is 2.10. The molecule has 0 unspecified atom stereocenters. The van der Waals surface area contributed by atoms with Gasteiger partial charge in [0, 0.05) is 38.0 Å². The number of esters is 1. The molecule has 2 aromatic rings. The van der Waals surface area contributed by atoms with Crippen molar-refractivity contribution in [2.75, 3.05) is 25.6 Å². The van der Waals surface area contributed by atoms with Crippen molar-refractivity contribution in [1.29, 1.82) is 0 Å². The smallest absolute Gasteiger partial charge is 0.341 e. The van der Waals surface area contributed by atoms with E-state index in [0.29, 0.717) is 25.4 Å². The van der Waals surface area contributed by atoms with E-state index in [0.717, 1.165) is 17.2 Å². The summed E-state index contributed by atoms with van der Waals surface area (Å²) in [4.78, 5) is 35.4. The minimum atomic E-state index is -1.07. The molecule has 2 rings (SSSR count). The lowest BCUT2D eigenvalue weighted by atomic mass is 10.1. The van der Waals surface area contributed by atoms with Crippen LogP contribution in [0.3, 0.4) is 0 Å². The molecule has 1 atom stereocenters. The number of anilines is 1. The lowest BCUT2D eigenvalue weighted by Crippen LogP contribution is -2.35. The Morgan fingerprint density at radius 3 is 2.50 bits per heavy atom. The number of aryl methyl sites for hydroxylation is 1. The Balaban J connectivity index is 2.04. The number of carbonyl (C=O) groups excluding carboxylic acids is 2. The van der Waals surface area contributed by atoms with Crippen LogP contribution in [-0.2, 0) is 20.8 Å². The van der Waals surface area contributed by atoms with Gasteiger partial charge in [0.05, 0.1) is 17.1 Å². The van der Waals surface area contributed by atoms with Crippen LogP contribution in [0.4, 0.5) is 11.4 Å². The Morgan fingerprint density at radius 2 is 1.87 bits per heavy atom. The van der Waals surface area contributed by atoms with Gasteiger partial charge in [0.25, 0.3) is 11.6 Å². The Bertz CT molecular complexity index is 898. The topological polar surface area (TPSA) is 120 Å². The van der Waals surface area contributed by atoms with Crippen LogP contribution in [0.1, 0.15) is 28.4 Å². The van der Waals surface area contributed by atoms with Gasteiger partial charge in [0.2, 0.25) is 0 Å². The van der Waals surface area contributed by atoms with Crippen molar-refractivity contribution < 1.29 is 24.0 Å². The Labute approximate surface area is 174 Å². The normalized spacial score (nSPS) is 11.4. The molecule has 0 heterocycles. The van der Waals surface area contributed by atoms with Gasteiger partial charge in [0.1, 0.15) is 0 Å². The first-order valence-electron chi connectivity index (χ1n) is 9.37. The average Bonchev–Trinajstić information content (AvgIpc) is 2.73. The molecule has 0 aliphatic heterocycles. The second kappa shape index (κ2) is 10.9. The predicted octanol–water partition coefficient (Wildman–Crippen LogP) is 2.82. The van der Waals surface area contributed by atoms with Crippen molar-refractivity contribution in [3.05, 3.63) is 69.3 Å². The summed E-state index contributed by atoms with van der Waals surface area (Å²) in [6, 6.07) is 11.5. The molecule has 0 fully saturated rings. The number of hydrogen-bond donors (Lipinski definition) is 2. The highest BCUT2D eigenvalue weighted by Gasteiger charge is 2.23. The van der Waals surface area contributed by atoms with E-state index in [1.807, 2.05) is 31.2 Å². The second-order valence-corrected chi connectivity index (χ2v) is 6.66. The molecular formula is C21H25N3O6. The number of nitrogens with one attached hydrogen (secondary N) is 2.